The fourth-order valence-corrected chi connectivity index (χ4v) is 11.2. The molecule has 2 aromatic heterocycles. The normalized spacial score (nSPS) is 12.8. The van der Waals surface area contributed by atoms with Crippen LogP contribution in [-0.4, -0.2) is 15.0 Å². The van der Waals surface area contributed by atoms with E-state index in [4.69, 9.17) is 19.4 Å². The van der Waals surface area contributed by atoms with E-state index >= 15 is 0 Å². The molecule has 0 bridgehead atoms. The maximum atomic E-state index is 6.42. The Labute approximate surface area is 393 Å². The Bertz CT molecular complexity index is 3860. The van der Waals surface area contributed by atoms with E-state index in [1.54, 1.807) is 0 Å². The number of para-hydroxylation sites is 1. The lowest BCUT2D eigenvalue weighted by Crippen LogP contribution is -2.29. The lowest BCUT2D eigenvalue weighted by molar-refractivity contribution is 0.669. The average Bonchev–Trinajstić information content (AvgIpc) is 3.90. The number of nitrogens with zero attached hydrogens (tertiary/aromatic N) is 3. The number of benzene rings is 10. The fraction of sp³-hybridized carbons (Fsp3) is 0.0156. The van der Waals surface area contributed by atoms with Gasteiger partial charge in [0, 0.05) is 27.5 Å². The van der Waals surface area contributed by atoms with Gasteiger partial charge in [0.05, 0.1) is 5.41 Å². The third-order valence-electron chi connectivity index (χ3n) is 14.2. The molecule has 4 nitrogen and oxygen atoms in total. The first kappa shape index (κ1) is 38.3. The Kier molecular flexibility index (Phi) is 8.46. The van der Waals surface area contributed by atoms with Gasteiger partial charge in [-0.25, -0.2) is 15.0 Å². The molecule has 0 amide bonds. The van der Waals surface area contributed by atoms with Crippen molar-refractivity contribution in [1.82, 2.24) is 15.0 Å². The molecule has 316 valence electrons. The molecule has 2 aliphatic rings. The summed E-state index contributed by atoms with van der Waals surface area (Å²) < 4.78 is 6.42. The van der Waals surface area contributed by atoms with Gasteiger partial charge in [0.15, 0.2) is 17.5 Å². The summed E-state index contributed by atoms with van der Waals surface area (Å²) in [6.45, 7) is 0. The van der Waals surface area contributed by atoms with Crippen molar-refractivity contribution in [2.75, 3.05) is 0 Å². The first-order valence-corrected chi connectivity index (χ1v) is 23.2. The minimum atomic E-state index is -0.584. The molecule has 0 atom stereocenters. The van der Waals surface area contributed by atoms with E-state index in [1.165, 1.54) is 55.6 Å². The van der Waals surface area contributed by atoms with Crippen molar-refractivity contribution < 1.29 is 4.42 Å². The molecule has 12 aromatic rings. The van der Waals surface area contributed by atoms with Gasteiger partial charge in [-0.05, 0) is 120 Å². The van der Waals surface area contributed by atoms with Crippen molar-refractivity contribution in [2.24, 2.45) is 0 Å². The van der Waals surface area contributed by atoms with E-state index in [9.17, 15) is 0 Å². The van der Waals surface area contributed by atoms with E-state index < -0.39 is 5.41 Å². The number of hydrogen-bond donors (Lipinski definition) is 0. The highest BCUT2D eigenvalue weighted by molar-refractivity contribution is 6.06. The zero-order chi connectivity index (χ0) is 44.8. The summed E-state index contributed by atoms with van der Waals surface area (Å²) in [5.41, 5.74) is 20.5. The minimum Gasteiger partial charge on any atom is -0.456 e. The zero-order valence-corrected chi connectivity index (χ0v) is 36.8. The number of furan rings is 1. The molecular weight excluding hydrogens is 827 g/mol. The molecule has 14 rings (SSSR count). The van der Waals surface area contributed by atoms with Gasteiger partial charge in [0.1, 0.15) is 11.2 Å². The van der Waals surface area contributed by atoms with E-state index in [1.807, 2.05) is 18.2 Å². The van der Waals surface area contributed by atoms with Gasteiger partial charge in [-0.3, -0.25) is 0 Å². The largest absolute Gasteiger partial charge is 0.456 e. The van der Waals surface area contributed by atoms with Gasteiger partial charge in [-0.2, -0.15) is 0 Å². The van der Waals surface area contributed by atoms with Crippen LogP contribution in [-0.2, 0) is 5.41 Å². The molecule has 68 heavy (non-hydrogen) atoms. The SMILES string of the molecule is c1ccc(-c2cc(-c3ccccc3)cc(-c3nc(-c4ccc5c(c4)-c4ccccc4C54c5ccccc5-c5ccccc5-c5ccccc54)nc(-c4ccc5c(c4)oc4ccccc45)n3)c2)cc1. The molecule has 0 N–H and O–H groups in total. The molecule has 0 fully saturated rings. The van der Waals surface area contributed by atoms with Crippen molar-refractivity contribution in [2.45, 2.75) is 5.41 Å². The van der Waals surface area contributed by atoms with Crippen LogP contribution < -0.4 is 0 Å². The van der Waals surface area contributed by atoms with Crippen LogP contribution in [0.25, 0.3) is 112 Å². The molecular formula is C64H39N3O. The third kappa shape index (κ3) is 5.77. The van der Waals surface area contributed by atoms with Gasteiger partial charge in [0.2, 0.25) is 0 Å². The minimum absolute atomic E-state index is 0.570. The molecule has 1 spiro atoms. The molecule has 0 saturated heterocycles. The first-order chi connectivity index (χ1) is 33.7. The highest BCUT2D eigenvalue weighted by atomic mass is 16.3. The highest BCUT2D eigenvalue weighted by Crippen LogP contribution is 2.61. The van der Waals surface area contributed by atoms with E-state index in [-0.39, 0.29) is 0 Å². The van der Waals surface area contributed by atoms with Gasteiger partial charge in [-0.1, -0.05) is 194 Å². The molecule has 10 aromatic carbocycles. The summed E-state index contributed by atoms with van der Waals surface area (Å²) in [6, 6.07) is 84.8. The Morgan fingerprint density at radius 2 is 0.662 bits per heavy atom. The van der Waals surface area contributed by atoms with Crippen LogP contribution in [0.4, 0.5) is 0 Å². The molecule has 2 aliphatic carbocycles. The van der Waals surface area contributed by atoms with Gasteiger partial charge < -0.3 is 4.42 Å². The molecule has 2 heterocycles. The smallest absolute Gasteiger partial charge is 0.164 e. The predicted octanol–water partition coefficient (Wildman–Crippen LogP) is 16.1. The van der Waals surface area contributed by atoms with Crippen LogP contribution >= 0.6 is 0 Å². The van der Waals surface area contributed by atoms with Crippen molar-refractivity contribution in [3.63, 3.8) is 0 Å². The van der Waals surface area contributed by atoms with Gasteiger partial charge in [0.25, 0.3) is 0 Å². The van der Waals surface area contributed by atoms with Crippen LogP contribution in [0, 0.1) is 0 Å². The van der Waals surface area contributed by atoms with E-state index in [0.717, 1.165) is 60.9 Å². The van der Waals surface area contributed by atoms with Crippen LogP contribution in [0.5, 0.6) is 0 Å². The standard InChI is InChI=1S/C64H39N3O/c1-3-17-40(18-4-1)44-35-45(41-19-5-2-6-20-41)37-46(36-44)63-66-61(65-62(67-63)43-31-33-53-52-26-12-16-30-59(52)68-60(53)39-43)42-32-34-58-54(38-42)51-25-11-15-29-57(51)64(58)55-27-13-9-23-49(55)47-21-7-8-22-48(47)50-24-10-14-28-56(50)64/h1-39H. The van der Waals surface area contributed by atoms with Crippen molar-refractivity contribution in [1.29, 1.82) is 0 Å². The summed E-state index contributed by atoms with van der Waals surface area (Å²) >= 11 is 0. The quantitative estimate of drug-likeness (QED) is 0.173. The van der Waals surface area contributed by atoms with E-state index in [2.05, 4.69) is 218 Å². The summed E-state index contributed by atoms with van der Waals surface area (Å²) in [5.74, 6) is 1.75. The molecule has 0 saturated carbocycles. The maximum Gasteiger partial charge on any atom is 0.164 e. The Morgan fingerprint density at radius 1 is 0.250 bits per heavy atom. The predicted molar refractivity (Wildman–Crippen MR) is 276 cm³/mol. The monoisotopic (exact) mass is 865 g/mol. The molecule has 0 radical (unpaired) electrons. The second-order valence-electron chi connectivity index (χ2n) is 17.8. The summed E-state index contributed by atoms with van der Waals surface area (Å²) in [7, 11) is 0. The van der Waals surface area contributed by atoms with E-state index in [0.29, 0.717) is 17.5 Å². The zero-order valence-electron chi connectivity index (χ0n) is 36.8. The third-order valence-corrected chi connectivity index (χ3v) is 14.2. The maximum absolute atomic E-state index is 6.42. The fourth-order valence-electron chi connectivity index (χ4n) is 11.2. The molecule has 0 unspecified atom stereocenters. The average molecular weight is 866 g/mol. The number of rotatable bonds is 5. The van der Waals surface area contributed by atoms with Gasteiger partial charge in [-0.15, -0.1) is 0 Å². The summed E-state index contributed by atoms with van der Waals surface area (Å²) in [6.07, 6.45) is 0. The summed E-state index contributed by atoms with van der Waals surface area (Å²) in [5, 5.41) is 2.13. The molecule has 4 heteroatoms. The van der Waals surface area contributed by atoms with Crippen LogP contribution in [0.2, 0.25) is 0 Å². The number of fused-ring (bicyclic) bond motifs is 15. The number of hydrogen-bond acceptors (Lipinski definition) is 4. The molecule has 0 aliphatic heterocycles. The number of aromatic nitrogens is 3. The van der Waals surface area contributed by atoms with Crippen LogP contribution in [0.1, 0.15) is 22.3 Å². The summed E-state index contributed by atoms with van der Waals surface area (Å²) in [4.78, 5) is 16.1. The Hall–Kier alpha value is -8.99. The Morgan fingerprint density at radius 3 is 1.25 bits per heavy atom. The lowest BCUT2D eigenvalue weighted by Gasteiger charge is -2.35. The van der Waals surface area contributed by atoms with Crippen LogP contribution in [0.3, 0.4) is 0 Å². The van der Waals surface area contributed by atoms with Gasteiger partial charge >= 0.3 is 0 Å². The van der Waals surface area contributed by atoms with Crippen molar-refractivity contribution in [3.05, 3.63) is 259 Å². The second-order valence-corrected chi connectivity index (χ2v) is 17.8. The topological polar surface area (TPSA) is 51.8 Å². The lowest BCUT2D eigenvalue weighted by atomic mass is 9.66. The highest BCUT2D eigenvalue weighted by Gasteiger charge is 2.49. The van der Waals surface area contributed by atoms with Crippen LogP contribution in [0.15, 0.2) is 241 Å². The Balaban J connectivity index is 1.01. The first-order valence-electron chi connectivity index (χ1n) is 23.2. The van der Waals surface area contributed by atoms with Crippen molar-refractivity contribution in [3.8, 4) is 89.8 Å². The van der Waals surface area contributed by atoms with Crippen molar-refractivity contribution >= 4 is 21.9 Å². The second kappa shape index (κ2) is 15.0.